The Hall–Kier alpha value is -2.48. The van der Waals surface area contributed by atoms with Gasteiger partial charge in [-0.3, -0.25) is 9.78 Å². The zero-order chi connectivity index (χ0) is 21.2. The molecule has 0 aromatic carbocycles. The standard InChI is InChI=1S/C23H27BrN6O/c24-19-14-27-30-21(26-13-16-5-3-9-25-12-16)11-20(28-22(19)30)18-8-4-10-29(15-18)23(31)17-6-1-2-7-17/h3,5,9,11-12,14,17-18,26H,1-2,4,6-8,10,13,15H2. The van der Waals surface area contributed by atoms with Crippen LogP contribution in [0.2, 0.25) is 0 Å². The summed E-state index contributed by atoms with van der Waals surface area (Å²) in [6.45, 7) is 2.28. The molecule has 0 radical (unpaired) electrons. The van der Waals surface area contributed by atoms with Crippen LogP contribution in [0.5, 0.6) is 0 Å². The molecule has 7 nitrogen and oxygen atoms in total. The number of hydrogen-bond acceptors (Lipinski definition) is 5. The first-order chi connectivity index (χ1) is 15.2. The average molecular weight is 483 g/mol. The van der Waals surface area contributed by atoms with E-state index in [2.05, 4.69) is 42.3 Å². The summed E-state index contributed by atoms with van der Waals surface area (Å²) in [5.41, 5.74) is 2.92. The van der Waals surface area contributed by atoms with Gasteiger partial charge in [0.15, 0.2) is 5.65 Å². The van der Waals surface area contributed by atoms with Gasteiger partial charge in [-0.2, -0.15) is 9.61 Å². The molecule has 5 rings (SSSR count). The molecule has 2 fully saturated rings. The van der Waals surface area contributed by atoms with Crippen molar-refractivity contribution < 1.29 is 4.79 Å². The van der Waals surface area contributed by atoms with Crippen molar-refractivity contribution in [3.8, 4) is 0 Å². The van der Waals surface area contributed by atoms with Crippen molar-refractivity contribution in [2.75, 3.05) is 18.4 Å². The SMILES string of the molecule is O=C(C1CCCC1)N1CCCC(c2cc(NCc3cccnc3)n3ncc(Br)c3n2)C1. The number of carbonyl (C=O) groups excluding carboxylic acids is 1. The number of nitrogens with one attached hydrogen (secondary N) is 1. The zero-order valence-electron chi connectivity index (χ0n) is 17.5. The fourth-order valence-corrected chi connectivity index (χ4v) is 5.18. The van der Waals surface area contributed by atoms with E-state index in [1.165, 1.54) is 12.8 Å². The Morgan fingerprint density at radius 3 is 2.87 bits per heavy atom. The maximum atomic E-state index is 13.0. The number of halogens is 1. The van der Waals surface area contributed by atoms with Crippen molar-refractivity contribution in [3.63, 3.8) is 0 Å². The summed E-state index contributed by atoms with van der Waals surface area (Å²) in [6, 6.07) is 6.08. The summed E-state index contributed by atoms with van der Waals surface area (Å²) in [5.74, 6) is 1.72. The van der Waals surface area contributed by atoms with Gasteiger partial charge in [0.25, 0.3) is 0 Å². The topological polar surface area (TPSA) is 75.4 Å². The minimum Gasteiger partial charge on any atom is -0.366 e. The van der Waals surface area contributed by atoms with E-state index >= 15 is 0 Å². The number of carbonyl (C=O) groups is 1. The lowest BCUT2D eigenvalue weighted by Crippen LogP contribution is -2.42. The highest BCUT2D eigenvalue weighted by molar-refractivity contribution is 9.10. The quantitative estimate of drug-likeness (QED) is 0.583. The van der Waals surface area contributed by atoms with Crippen LogP contribution in [0.4, 0.5) is 5.82 Å². The Morgan fingerprint density at radius 2 is 2.06 bits per heavy atom. The molecule has 1 saturated carbocycles. The highest BCUT2D eigenvalue weighted by atomic mass is 79.9. The molecular formula is C23H27BrN6O. The fraction of sp³-hybridized carbons (Fsp3) is 0.478. The molecule has 2 aliphatic rings. The van der Waals surface area contributed by atoms with Crippen LogP contribution in [0, 0.1) is 5.92 Å². The van der Waals surface area contributed by atoms with E-state index in [9.17, 15) is 4.79 Å². The van der Waals surface area contributed by atoms with Crippen molar-refractivity contribution in [3.05, 3.63) is 52.5 Å². The number of aromatic nitrogens is 4. The van der Waals surface area contributed by atoms with Gasteiger partial charge in [-0.1, -0.05) is 18.9 Å². The van der Waals surface area contributed by atoms with Gasteiger partial charge in [-0.05, 0) is 53.2 Å². The number of nitrogens with zero attached hydrogens (tertiary/aromatic N) is 5. The second-order valence-corrected chi connectivity index (χ2v) is 9.47. The zero-order valence-corrected chi connectivity index (χ0v) is 19.1. The van der Waals surface area contributed by atoms with Crippen molar-refractivity contribution in [2.45, 2.75) is 51.0 Å². The summed E-state index contributed by atoms with van der Waals surface area (Å²) in [7, 11) is 0. The Bertz CT molecular complexity index is 1060. The van der Waals surface area contributed by atoms with Crippen LogP contribution in [0.3, 0.4) is 0 Å². The van der Waals surface area contributed by atoms with Crippen LogP contribution in [0.25, 0.3) is 5.65 Å². The second kappa shape index (κ2) is 8.94. The third-order valence-electron chi connectivity index (χ3n) is 6.50. The number of pyridine rings is 1. The molecule has 1 aliphatic heterocycles. The first-order valence-electron chi connectivity index (χ1n) is 11.1. The largest absolute Gasteiger partial charge is 0.366 e. The van der Waals surface area contributed by atoms with Gasteiger partial charge in [0.2, 0.25) is 5.91 Å². The van der Waals surface area contributed by atoms with E-state index in [1.54, 1.807) is 12.4 Å². The van der Waals surface area contributed by atoms with Crippen molar-refractivity contribution in [2.24, 2.45) is 5.92 Å². The number of fused-ring (bicyclic) bond motifs is 1. The Labute approximate surface area is 190 Å². The highest BCUT2D eigenvalue weighted by Crippen LogP contribution is 2.32. The van der Waals surface area contributed by atoms with Crippen LogP contribution in [0.1, 0.15) is 55.7 Å². The molecule has 31 heavy (non-hydrogen) atoms. The van der Waals surface area contributed by atoms with Crippen LogP contribution >= 0.6 is 15.9 Å². The van der Waals surface area contributed by atoms with E-state index in [4.69, 9.17) is 4.98 Å². The van der Waals surface area contributed by atoms with E-state index in [0.717, 1.165) is 66.0 Å². The number of anilines is 1. The molecule has 162 valence electrons. The van der Waals surface area contributed by atoms with Crippen LogP contribution < -0.4 is 5.32 Å². The normalized spacial score (nSPS) is 19.8. The van der Waals surface area contributed by atoms with Crippen molar-refractivity contribution in [1.82, 2.24) is 24.5 Å². The molecule has 0 bridgehead atoms. The van der Waals surface area contributed by atoms with Crippen molar-refractivity contribution in [1.29, 1.82) is 0 Å². The summed E-state index contributed by atoms with van der Waals surface area (Å²) in [5, 5.41) is 7.97. The third kappa shape index (κ3) is 4.31. The van der Waals surface area contributed by atoms with E-state index in [1.807, 2.05) is 22.8 Å². The summed E-state index contributed by atoms with van der Waals surface area (Å²) in [4.78, 5) is 24.2. The number of rotatable bonds is 5. The van der Waals surface area contributed by atoms with Crippen LogP contribution in [0.15, 0.2) is 41.3 Å². The average Bonchev–Trinajstić information content (AvgIpc) is 3.48. The molecule has 3 aromatic heterocycles. The summed E-state index contributed by atoms with van der Waals surface area (Å²) < 4.78 is 2.70. The predicted molar refractivity (Wildman–Crippen MR) is 123 cm³/mol. The Kier molecular flexibility index (Phi) is 5.89. The number of hydrogen-bond donors (Lipinski definition) is 1. The monoisotopic (exact) mass is 482 g/mol. The second-order valence-electron chi connectivity index (χ2n) is 8.61. The van der Waals surface area contributed by atoms with E-state index in [0.29, 0.717) is 12.5 Å². The molecule has 8 heteroatoms. The number of likely N-dealkylation sites (tertiary alicyclic amines) is 1. The molecule has 1 N–H and O–H groups in total. The predicted octanol–water partition coefficient (Wildman–Crippen LogP) is 4.40. The van der Waals surface area contributed by atoms with Gasteiger partial charge in [0, 0.05) is 49.9 Å². The van der Waals surface area contributed by atoms with Crippen molar-refractivity contribution >= 4 is 33.3 Å². The van der Waals surface area contributed by atoms with Crippen LogP contribution in [-0.2, 0) is 11.3 Å². The smallest absolute Gasteiger partial charge is 0.225 e. The first kappa shape index (κ1) is 20.4. The molecule has 1 saturated heterocycles. The van der Waals surface area contributed by atoms with Crippen LogP contribution in [-0.4, -0.2) is 43.5 Å². The summed E-state index contributed by atoms with van der Waals surface area (Å²) >= 11 is 3.59. The van der Waals surface area contributed by atoms with E-state index in [-0.39, 0.29) is 11.8 Å². The van der Waals surface area contributed by atoms with Gasteiger partial charge in [0.1, 0.15) is 5.82 Å². The van der Waals surface area contributed by atoms with Gasteiger partial charge in [-0.15, -0.1) is 0 Å². The van der Waals surface area contributed by atoms with Gasteiger partial charge in [-0.25, -0.2) is 4.98 Å². The van der Waals surface area contributed by atoms with Gasteiger partial charge >= 0.3 is 0 Å². The van der Waals surface area contributed by atoms with E-state index < -0.39 is 0 Å². The molecule has 0 spiro atoms. The lowest BCUT2D eigenvalue weighted by atomic mass is 9.93. The minimum atomic E-state index is 0.231. The Balaban J connectivity index is 1.39. The molecule has 1 unspecified atom stereocenters. The lowest BCUT2D eigenvalue weighted by Gasteiger charge is -2.34. The number of piperidine rings is 1. The maximum absolute atomic E-state index is 13.0. The molecule has 4 heterocycles. The molecule has 3 aromatic rings. The first-order valence-corrected chi connectivity index (χ1v) is 11.9. The number of amides is 1. The minimum absolute atomic E-state index is 0.231. The third-order valence-corrected chi connectivity index (χ3v) is 7.06. The summed E-state index contributed by atoms with van der Waals surface area (Å²) in [6.07, 6.45) is 12.0. The molecule has 1 amide bonds. The fourth-order valence-electron chi connectivity index (χ4n) is 4.83. The Morgan fingerprint density at radius 1 is 1.19 bits per heavy atom. The molecular weight excluding hydrogens is 456 g/mol. The lowest BCUT2D eigenvalue weighted by molar-refractivity contribution is -0.136. The maximum Gasteiger partial charge on any atom is 0.225 e. The van der Waals surface area contributed by atoms with Gasteiger partial charge in [0.05, 0.1) is 16.4 Å². The molecule has 1 atom stereocenters. The highest BCUT2D eigenvalue weighted by Gasteiger charge is 2.32. The molecule has 1 aliphatic carbocycles. The van der Waals surface area contributed by atoms with Gasteiger partial charge < -0.3 is 10.2 Å².